The number of hydrogen-bond donors (Lipinski definition) is 3. The van der Waals surface area contributed by atoms with Gasteiger partial charge in [-0.2, -0.15) is 0 Å². The summed E-state index contributed by atoms with van der Waals surface area (Å²) in [6, 6.07) is 0. The zero-order chi connectivity index (χ0) is 39.6. The SMILES string of the molecule is CC(=O)CC1(CC(=O)OC(C)OC(=O)NCCCS(=O)(=O)[O-])CCCC1.CC(OC(=O)CC1(CC(=O)O)CCCC1)OC(=O)NCCCS(=O)(=O)[O-].[Na+].[Na+]. The Morgan fingerprint density at radius 2 is 0.963 bits per heavy atom. The van der Waals surface area contributed by atoms with Crippen LogP contribution in [0, 0.1) is 10.8 Å². The maximum Gasteiger partial charge on any atom is 1.00 e. The summed E-state index contributed by atoms with van der Waals surface area (Å²) in [5.41, 5.74) is -0.983. The van der Waals surface area contributed by atoms with Gasteiger partial charge in [0, 0.05) is 44.9 Å². The largest absolute Gasteiger partial charge is 1.00 e. The van der Waals surface area contributed by atoms with Gasteiger partial charge >= 0.3 is 89.2 Å². The molecule has 19 nitrogen and oxygen atoms in total. The fraction of sp³-hybridized carbons (Fsp3) is 0.806. The number of Topliss-reactive ketones (excluding diaryl/α,β-unsaturated/α-hetero) is 1. The van der Waals surface area contributed by atoms with Gasteiger partial charge in [0.05, 0.1) is 39.5 Å². The molecule has 2 aliphatic rings. The van der Waals surface area contributed by atoms with Crippen LogP contribution in [0.4, 0.5) is 9.59 Å². The molecule has 0 aromatic heterocycles. The molecule has 2 fully saturated rings. The third kappa shape index (κ3) is 26.3. The number of rotatable bonds is 20. The molecule has 23 heteroatoms. The van der Waals surface area contributed by atoms with E-state index in [1.165, 1.54) is 20.8 Å². The van der Waals surface area contributed by atoms with Crippen molar-refractivity contribution in [2.75, 3.05) is 24.6 Å². The number of carboxylic acid groups (broad SMARTS) is 1. The first kappa shape index (κ1) is 54.5. The predicted octanol–water partition coefficient (Wildman–Crippen LogP) is -3.56. The van der Waals surface area contributed by atoms with E-state index in [9.17, 15) is 54.7 Å². The summed E-state index contributed by atoms with van der Waals surface area (Å²) in [4.78, 5) is 69.6. The van der Waals surface area contributed by atoms with Crippen LogP contribution in [0.1, 0.15) is 111 Å². The number of esters is 2. The molecule has 2 aliphatic carbocycles. The first-order chi connectivity index (χ1) is 24.0. The van der Waals surface area contributed by atoms with Gasteiger partial charge in [-0.25, -0.2) is 26.4 Å². The van der Waals surface area contributed by atoms with Crippen molar-refractivity contribution < 1.29 is 138 Å². The van der Waals surface area contributed by atoms with Gasteiger partial charge in [0.25, 0.3) is 0 Å². The maximum atomic E-state index is 12.1. The number of nitrogens with one attached hydrogen (secondary N) is 2. The maximum absolute atomic E-state index is 12.1. The fourth-order valence-electron chi connectivity index (χ4n) is 6.31. The van der Waals surface area contributed by atoms with Crippen molar-refractivity contribution in [1.29, 1.82) is 0 Å². The quantitative estimate of drug-likeness (QED) is 0.0352. The summed E-state index contributed by atoms with van der Waals surface area (Å²) in [5, 5.41) is 13.5. The third-order valence-electron chi connectivity index (χ3n) is 8.34. The van der Waals surface area contributed by atoms with Crippen molar-refractivity contribution in [3.05, 3.63) is 0 Å². The van der Waals surface area contributed by atoms with Gasteiger partial charge in [0.1, 0.15) is 5.78 Å². The first-order valence-corrected chi connectivity index (χ1v) is 20.0. The van der Waals surface area contributed by atoms with Gasteiger partial charge in [-0.3, -0.25) is 14.4 Å². The third-order valence-corrected chi connectivity index (χ3v) is 9.92. The summed E-state index contributed by atoms with van der Waals surface area (Å²) in [6.45, 7) is 4.08. The van der Waals surface area contributed by atoms with E-state index in [1.54, 1.807) is 0 Å². The number of carbonyl (C=O) groups excluding carboxylic acids is 5. The van der Waals surface area contributed by atoms with Crippen LogP contribution in [0.25, 0.3) is 0 Å². The van der Waals surface area contributed by atoms with Crippen LogP contribution in [0.2, 0.25) is 0 Å². The average molecular weight is 833 g/mol. The van der Waals surface area contributed by atoms with E-state index in [-0.39, 0.29) is 116 Å². The number of ether oxygens (including phenoxy) is 4. The van der Waals surface area contributed by atoms with Crippen molar-refractivity contribution in [1.82, 2.24) is 10.6 Å². The summed E-state index contributed by atoms with van der Waals surface area (Å²) in [6.07, 6.45) is 2.54. The standard InChI is InChI=1S/C16H27NO8S.C15H25NO9S.2Na/c1-12(18)10-16(6-3-4-7-16)11-14(19)24-13(2)25-15(20)17-8-5-9-26(21,22)23;1-11(25-14(20)16-7-4-8-26(21,22)23)24-13(19)10-15(9-12(17)18)5-2-3-6-15;;/h13H,3-11H2,1-2H3,(H,17,20)(H,21,22,23);11H,2-10H2,1H3,(H,16,20)(H,17,18)(H,21,22,23);;/q;;2*+1/p-2. The Hall–Kier alpha value is -1.56. The van der Waals surface area contributed by atoms with Crippen LogP contribution in [0.15, 0.2) is 0 Å². The summed E-state index contributed by atoms with van der Waals surface area (Å²) in [5.74, 6) is -3.32. The molecule has 3 N–H and O–H groups in total. The van der Waals surface area contributed by atoms with E-state index in [1.807, 2.05) is 0 Å². The molecule has 0 radical (unpaired) electrons. The Kier molecular flexibility index (Phi) is 26.6. The number of amides is 2. The second-order valence-corrected chi connectivity index (χ2v) is 16.3. The van der Waals surface area contributed by atoms with Crippen molar-refractivity contribution in [2.24, 2.45) is 10.8 Å². The van der Waals surface area contributed by atoms with Crippen molar-refractivity contribution >= 4 is 56.1 Å². The fourth-order valence-corrected chi connectivity index (χ4v) is 7.30. The van der Waals surface area contributed by atoms with E-state index in [2.05, 4.69) is 10.6 Å². The number of carboxylic acids is 1. The monoisotopic (exact) mass is 832 g/mol. The minimum absolute atomic E-state index is 0. The van der Waals surface area contributed by atoms with Crippen molar-refractivity contribution in [3.8, 4) is 0 Å². The summed E-state index contributed by atoms with van der Waals surface area (Å²) >= 11 is 0. The zero-order valence-corrected chi connectivity index (χ0v) is 37.3. The van der Waals surface area contributed by atoms with Gasteiger partial charge in [-0.05, 0) is 56.3 Å². The number of alkyl carbamates (subject to hydrolysis) is 2. The molecule has 0 aliphatic heterocycles. The van der Waals surface area contributed by atoms with Crippen LogP contribution in [0.5, 0.6) is 0 Å². The zero-order valence-electron chi connectivity index (χ0n) is 31.7. The second-order valence-electron chi connectivity index (χ2n) is 13.2. The topological polar surface area (TPSA) is 298 Å². The Morgan fingerprint density at radius 3 is 1.26 bits per heavy atom. The van der Waals surface area contributed by atoms with Gasteiger partial charge in [0.15, 0.2) is 0 Å². The normalized spacial score (nSPS) is 16.7. The Bertz CT molecular complexity index is 1340. The van der Waals surface area contributed by atoms with E-state index >= 15 is 0 Å². The van der Waals surface area contributed by atoms with E-state index in [0.29, 0.717) is 19.3 Å². The van der Waals surface area contributed by atoms with Gasteiger partial charge in [0.2, 0.25) is 12.6 Å². The van der Waals surface area contributed by atoms with E-state index in [0.717, 1.165) is 38.5 Å². The van der Waals surface area contributed by atoms with Crippen molar-refractivity contribution in [3.63, 3.8) is 0 Å². The molecule has 2 unspecified atom stereocenters. The van der Waals surface area contributed by atoms with Gasteiger partial charge in [-0.1, -0.05) is 25.7 Å². The molecule has 0 spiro atoms. The molecule has 0 saturated heterocycles. The minimum Gasteiger partial charge on any atom is -0.748 e. The predicted molar refractivity (Wildman–Crippen MR) is 177 cm³/mol. The van der Waals surface area contributed by atoms with Crippen LogP contribution >= 0.6 is 0 Å². The molecule has 0 bridgehead atoms. The Labute approximate surface area is 360 Å². The molecule has 0 aromatic carbocycles. The molecule has 2 amide bonds. The van der Waals surface area contributed by atoms with Crippen LogP contribution in [-0.2, 0) is 58.4 Å². The van der Waals surface area contributed by atoms with Crippen LogP contribution in [0.3, 0.4) is 0 Å². The average Bonchev–Trinajstić information content (AvgIpc) is 3.61. The second kappa shape index (κ2) is 26.4. The van der Waals surface area contributed by atoms with E-state index < -0.39 is 79.8 Å². The van der Waals surface area contributed by atoms with E-state index in [4.69, 9.17) is 24.1 Å². The van der Waals surface area contributed by atoms with Crippen molar-refractivity contribution in [2.45, 2.75) is 123 Å². The molecule has 300 valence electrons. The molecule has 0 aromatic rings. The molecular formula is C31H50N2Na2O17S2. The number of hydrogen-bond acceptors (Lipinski definition) is 16. The summed E-state index contributed by atoms with van der Waals surface area (Å²) in [7, 11) is -8.66. The Balaban J connectivity index is 0. The van der Waals surface area contributed by atoms with Crippen LogP contribution in [-0.4, -0.2) is 104 Å². The number of aliphatic carboxylic acids is 1. The van der Waals surface area contributed by atoms with Gasteiger partial charge in [-0.15, -0.1) is 0 Å². The molecule has 2 atom stereocenters. The molecule has 2 saturated carbocycles. The van der Waals surface area contributed by atoms with Gasteiger partial charge < -0.3 is 48.6 Å². The smallest absolute Gasteiger partial charge is 0.748 e. The van der Waals surface area contributed by atoms with Crippen LogP contribution < -0.4 is 69.7 Å². The molecule has 54 heavy (non-hydrogen) atoms. The molecule has 2 rings (SSSR count). The summed E-state index contributed by atoms with van der Waals surface area (Å²) < 4.78 is 82.2. The molecule has 0 heterocycles. The molecular weight excluding hydrogens is 782 g/mol. The number of carbonyl (C=O) groups is 6. The first-order valence-electron chi connectivity index (χ1n) is 16.9. The Morgan fingerprint density at radius 1 is 0.630 bits per heavy atom. The minimum atomic E-state index is -4.34. The number of ketones is 1.